The molecule has 7 heteroatoms. The van der Waals surface area contributed by atoms with Crippen LogP contribution in [0.4, 0.5) is 5.69 Å². The second-order valence-electron chi connectivity index (χ2n) is 6.04. The van der Waals surface area contributed by atoms with Gasteiger partial charge in [0.1, 0.15) is 0 Å². The first-order valence-corrected chi connectivity index (χ1v) is 10.8. The fourth-order valence-corrected chi connectivity index (χ4v) is 4.34. The zero-order chi connectivity index (χ0) is 18.5. The largest absolute Gasteiger partial charge is 0.367 e. The molecular formula is C19H21Cl2N3S2. The third-order valence-corrected chi connectivity index (χ3v) is 6.21. The zero-order valence-electron chi connectivity index (χ0n) is 14.5. The minimum atomic E-state index is 0.602. The molecule has 1 N–H and O–H groups in total. The summed E-state index contributed by atoms with van der Waals surface area (Å²) in [5.41, 5.74) is 2.30. The van der Waals surface area contributed by atoms with Crippen LogP contribution in [0.3, 0.4) is 0 Å². The number of para-hydroxylation sites is 1. The van der Waals surface area contributed by atoms with Gasteiger partial charge in [0.2, 0.25) is 0 Å². The van der Waals surface area contributed by atoms with Crippen molar-refractivity contribution < 1.29 is 0 Å². The van der Waals surface area contributed by atoms with E-state index in [0.717, 1.165) is 36.9 Å². The normalized spacial score (nSPS) is 14.4. The Morgan fingerprint density at radius 2 is 1.85 bits per heavy atom. The van der Waals surface area contributed by atoms with Gasteiger partial charge in [0.15, 0.2) is 5.11 Å². The van der Waals surface area contributed by atoms with Crippen molar-refractivity contribution >= 4 is 58.0 Å². The van der Waals surface area contributed by atoms with E-state index in [1.54, 1.807) is 17.8 Å². The molecule has 1 saturated heterocycles. The van der Waals surface area contributed by atoms with Crippen molar-refractivity contribution in [3.8, 4) is 0 Å². The first kappa shape index (κ1) is 19.6. The van der Waals surface area contributed by atoms with Crippen molar-refractivity contribution in [3.63, 3.8) is 0 Å². The Kier molecular flexibility index (Phi) is 6.92. The summed E-state index contributed by atoms with van der Waals surface area (Å²) in [4.78, 5) is 5.97. The van der Waals surface area contributed by atoms with Gasteiger partial charge in [0, 0.05) is 47.7 Å². The molecule has 0 amide bonds. The molecule has 2 aromatic carbocycles. The van der Waals surface area contributed by atoms with E-state index in [-0.39, 0.29) is 0 Å². The monoisotopic (exact) mass is 425 g/mol. The van der Waals surface area contributed by atoms with Crippen molar-refractivity contribution in [2.75, 3.05) is 37.3 Å². The maximum atomic E-state index is 6.22. The van der Waals surface area contributed by atoms with Gasteiger partial charge in [0.25, 0.3) is 0 Å². The zero-order valence-corrected chi connectivity index (χ0v) is 17.7. The van der Waals surface area contributed by atoms with E-state index in [4.69, 9.17) is 35.4 Å². The van der Waals surface area contributed by atoms with Crippen molar-refractivity contribution in [1.29, 1.82) is 0 Å². The lowest BCUT2D eigenvalue weighted by atomic mass is 10.2. The number of rotatable bonds is 4. The molecule has 0 aromatic heterocycles. The molecule has 1 heterocycles. The third-order valence-electron chi connectivity index (χ3n) is 4.44. The molecule has 1 aliphatic heterocycles. The van der Waals surface area contributed by atoms with Crippen LogP contribution in [-0.4, -0.2) is 42.4 Å². The molecule has 0 saturated carbocycles. The summed E-state index contributed by atoms with van der Waals surface area (Å²) < 4.78 is 0. The van der Waals surface area contributed by atoms with Gasteiger partial charge in [-0.2, -0.15) is 0 Å². The number of piperazine rings is 1. The number of nitrogens with zero attached hydrogens (tertiary/aromatic N) is 2. The number of hydrogen-bond acceptors (Lipinski definition) is 3. The van der Waals surface area contributed by atoms with E-state index in [2.05, 4.69) is 45.6 Å². The van der Waals surface area contributed by atoms with Crippen molar-refractivity contribution in [2.24, 2.45) is 0 Å². The predicted octanol–water partition coefficient (Wildman–Crippen LogP) is 4.91. The number of halogens is 2. The van der Waals surface area contributed by atoms with Gasteiger partial charge in [-0.25, -0.2) is 0 Å². The van der Waals surface area contributed by atoms with Crippen LogP contribution in [0.5, 0.6) is 0 Å². The minimum Gasteiger partial charge on any atom is -0.367 e. The molecule has 26 heavy (non-hydrogen) atoms. The van der Waals surface area contributed by atoms with E-state index in [1.165, 1.54) is 10.6 Å². The lowest BCUT2D eigenvalue weighted by molar-refractivity contribution is 0.379. The second-order valence-corrected chi connectivity index (χ2v) is 8.12. The standard InChI is InChI=1S/C19H21Cl2N3S2/c1-26-18-5-3-2-4-17(18)23-8-10-24(11-9-23)19(25)22-13-14-6-7-15(20)12-16(14)21/h2-7,12H,8-11,13H2,1H3,(H,22,25). The van der Waals surface area contributed by atoms with Gasteiger partial charge in [-0.1, -0.05) is 41.4 Å². The quantitative estimate of drug-likeness (QED) is 0.552. The third kappa shape index (κ3) is 4.77. The van der Waals surface area contributed by atoms with Crippen LogP contribution < -0.4 is 10.2 Å². The highest BCUT2D eigenvalue weighted by Crippen LogP contribution is 2.29. The number of benzene rings is 2. The Morgan fingerprint density at radius 3 is 2.54 bits per heavy atom. The van der Waals surface area contributed by atoms with Crippen molar-refractivity contribution in [1.82, 2.24) is 10.2 Å². The predicted molar refractivity (Wildman–Crippen MR) is 118 cm³/mol. The molecule has 138 valence electrons. The summed E-state index contributed by atoms with van der Waals surface area (Å²) in [5.74, 6) is 0. The highest BCUT2D eigenvalue weighted by molar-refractivity contribution is 7.98. The smallest absolute Gasteiger partial charge is 0.169 e. The van der Waals surface area contributed by atoms with Crippen LogP contribution in [0.1, 0.15) is 5.56 Å². The molecule has 1 aliphatic rings. The van der Waals surface area contributed by atoms with E-state index in [9.17, 15) is 0 Å². The Labute approximate surface area is 174 Å². The summed E-state index contributed by atoms with van der Waals surface area (Å²) in [6.07, 6.45) is 2.12. The lowest BCUT2D eigenvalue weighted by Crippen LogP contribution is -2.51. The molecule has 0 bridgehead atoms. The first-order chi connectivity index (χ1) is 12.6. The van der Waals surface area contributed by atoms with Crippen molar-refractivity contribution in [3.05, 3.63) is 58.1 Å². The SMILES string of the molecule is CSc1ccccc1N1CCN(C(=S)NCc2ccc(Cl)cc2Cl)CC1. The average molecular weight is 426 g/mol. The Balaban J connectivity index is 1.53. The van der Waals surface area contributed by atoms with Gasteiger partial charge in [-0.15, -0.1) is 11.8 Å². The van der Waals surface area contributed by atoms with Crippen LogP contribution in [0.25, 0.3) is 0 Å². The Morgan fingerprint density at radius 1 is 1.12 bits per heavy atom. The molecule has 0 spiro atoms. The van der Waals surface area contributed by atoms with E-state index in [0.29, 0.717) is 16.6 Å². The number of hydrogen-bond donors (Lipinski definition) is 1. The summed E-state index contributed by atoms with van der Waals surface area (Å²) in [6, 6.07) is 14.1. The summed E-state index contributed by atoms with van der Waals surface area (Å²) in [7, 11) is 0. The Bertz CT molecular complexity index is 777. The molecule has 0 atom stereocenters. The first-order valence-electron chi connectivity index (χ1n) is 8.43. The molecule has 2 aromatic rings. The van der Waals surface area contributed by atoms with Crippen LogP contribution in [0, 0.1) is 0 Å². The molecule has 0 aliphatic carbocycles. The van der Waals surface area contributed by atoms with E-state index in [1.807, 2.05) is 12.1 Å². The Hall–Kier alpha value is -1.14. The maximum Gasteiger partial charge on any atom is 0.169 e. The summed E-state index contributed by atoms with van der Waals surface area (Å²) in [6.45, 7) is 4.33. The fraction of sp³-hybridized carbons (Fsp3) is 0.316. The summed E-state index contributed by atoms with van der Waals surface area (Å²) in [5, 5.41) is 5.39. The summed E-state index contributed by atoms with van der Waals surface area (Å²) >= 11 is 19.5. The van der Waals surface area contributed by atoms with Crippen LogP contribution >= 0.6 is 47.2 Å². The molecule has 3 nitrogen and oxygen atoms in total. The van der Waals surface area contributed by atoms with Crippen LogP contribution in [-0.2, 0) is 6.54 Å². The average Bonchev–Trinajstić information content (AvgIpc) is 2.67. The topological polar surface area (TPSA) is 18.5 Å². The van der Waals surface area contributed by atoms with E-state index >= 15 is 0 Å². The number of anilines is 1. The molecular weight excluding hydrogens is 405 g/mol. The van der Waals surface area contributed by atoms with Gasteiger partial charge in [0.05, 0.1) is 5.69 Å². The minimum absolute atomic E-state index is 0.602. The lowest BCUT2D eigenvalue weighted by Gasteiger charge is -2.38. The molecule has 1 fully saturated rings. The van der Waals surface area contributed by atoms with Crippen LogP contribution in [0.15, 0.2) is 47.4 Å². The van der Waals surface area contributed by atoms with Gasteiger partial charge in [-0.05, 0) is 48.3 Å². The van der Waals surface area contributed by atoms with Crippen molar-refractivity contribution in [2.45, 2.75) is 11.4 Å². The van der Waals surface area contributed by atoms with Gasteiger partial charge >= 0.3 is 0 Å². The number of thioether (sulfide) groups is 1. The molecule has 0 radical (unpaired) electrons. The van der Waals surface area contributed by atoms with Gasteiger partial charge < -0.3 is 15.1 Å². The fourth-order valence-electron chi connectivity index (χ4n) is 2.99. The van der Waals surface area contributed by atoms with Crippen LogP contribution in [0.2, 0.25) is 10.0 Å². The highest BCUT2D eigenvalue weighted by atomic mass is 35.5. The highest BCUT2D eigenvalue weighted by Gasteiger charge is 2.20. The molecule has 3 rings (SSSR count). The second kappa shape index (κ2) is 9.18. The number of thiocarbonyl (C=S) groups is 1. The number of nitrogens with one attached hydrogen (secondary N) is 1. The van der Waals surface area contributed by atoms with Gasteiger partial charge in [-0.3, -0.25) is 0 Å². The molecule has 0 unspecified atom stereocenters. The maximum absolute atomic E-state index is 6.22. The van der Waals surface area contributed by atoms with E-state index < -0.39 is 0 Å².